The van der Waals surface area contributed by atoms with E-state index in [1.165, 1.54) is 7.11 Å². The SMILES string of the molecule is COc1ccc(C)cc1S(=O)(=O)N(CC(=O)N[C@H](C)c1cccc(Br)c1)c1ccccc1. The Bertz CT molecular complexity index is 1200. The molecule has 0 unspecified atom stereocenters. The summed E-state index contributed by atoms with van der Waals surface area (Å²) in [6, 6.07) is 20.8. The predicted molar refractivity (Wildman–Crippen MR) is 129 cm³/mol. The van der Waals surface area contributed by atoms with E-state index in [1.807, 2.05) is 31.2 Å². The van der Waals surface area contributed by atoms with Crippen LogP contribution >= 0.6 is 15.9 Å². The molecule has 0 bridgehead atoms. The van der Waals surface area contributed by atoms with Gasteiger partial charge in [0.15, 0.2) is 0 Å². The third-order valence-electron chi connectivity index (χ3n) is 4.94. The van der Waals surface area contributed by atoms with Gasteiger partial charge >= 0.3 is 0 Å². The quantitative estimate of drug-likeness (QED) is 0.464. The molecule has 1 atom stereocenters. The minimum Gasteiger partial charge on any atom is -0.495 e. The zero-order valence-corrected chi connectivity index (χ0v) is 20.5. The second kappa shape index (κ2) is 10.2. The van der Waals surface area contributed by atoms with Crippen LogP contribution in [-0.2, 0) is 14.8 Å². The molecular weight excluding hydrogens is 492 g/mol. The van der Waals surface area contributed by atoms with E-state index in [0.717, 1.165) is 19.9 Å². The maximum absolute atomic E-state index is 13.7. The molecule has 32 heavy (non-hydrogen) atoms. The summed E-state index contributed by atoms with van der Waals surface area (Å²) < 4.78 is 34.6. The van der Waals surface area contributed by atoms with Crippen LogP contribution in [0.4, 0.5) is 5.69 Å². The Balaban J connectivity index is 1.94. The Morgan fingerprint density at radius 1 is 1.06 bits per heavy atom. The number of para-hydroxylation sites is 1. The highest BCUT2D eigenvalue weighted by Crippen LogP contribution is 2.30. The fourth-order valence-corrected chi connectivity index (χ4v) is 5.37. The van der Waals surface area contributed by atoms with Crippen molar-refractivity contribution in [1.82, 2.24) is 5.32 Å². The minimum atomic E-state index is -4.08. The first-order chi connectivity index (χ1) is 15.2. The molecule has 0 aliphatic heterocycles. The molecule has 0 saturated heterocycles. The van der Waals surface area contributed by atoms with E-state index in [0.29, 0.717) is 5.69 Å². The summed E-state index contributed by atoms with van der Waals surface area (Å²) in [6.07, 6.45) is 0. The monoisotopic (exact) mass is 516 g/mol. The molecule has 3 aromatic rings. The average Bonchev–Trinajstić information content (AvgIpc) is 2.78. The van der Waals surface area contributed by atoms with Gasteiger partial charge in [0, 0.05) is 4.47 Å². The van der Waals surface area contributed by atoms with Gasteiger partial charge in [0.1, 0.15) is 17.2 Å². The molecule has 168 valence electrons. The van der Waals surface area contributed by atoms with E-state index in [9.17, 15) is 13.2 Å². The molecule has 0 aromatic heterocycles. The molecule has 3 aromatic carbocycles. The third-order valence-corrected chi connectivity index (χ3v) is 7.23. The van der Waals surface area contributed by atoms with E-state index < -0.39 is 15.9 Å². The molecule has 8 heteroatoms. The molecule has 0 fully saturated rings. The zero-order chi connectivity index (χ0) is 23.3. The molecule has 6 nitrogen and oxygen atoms in total. The van der Waals surface area contributed by atoms with Crippen LogP contribution in [0.1, 0.15) is 24.1 Å². The Labute approximate surface area is 197 Å². The molecule has 0 aliphatic rings. The standard InChI is InChI=1S/C24H25BrN2O4S/c1-17-12-13-22(31-3)23(14-17)32(29,30)27(21-10-5-4-6-11-21)16-24(28)26-18(2)19-8-7-9-20(25)15-19/h4-15,18H,16H2,1-3H3,(H,26,28)/t18-/m1/s1. The van der Waals surface area contributed by atoms with Crippen molar-refractivity contribution in [2.24, 2.45) is 0 Å². The van der Waals surface area contributed by atoms with Gasteiger partial charge in [-0.15, -0.1) is 0 Å². The number of hydrogen-bond acceptors (Lipinski definition) is 4. The fourth-order valence-electron chi connectivity index (χ4n) is 3.29. The number of carbonyl (C=O) groups is 1. The van der Waals surface area contributed by atoms with Crippen molar-refractivity contribution < 1.29 is 17.9 Å². The Kier molecular flexibility index (Phi) is 7.58. The van der Waals surface area contributed by atoms with Gasteiger partial charge in [0.2, 0.25) is 5.91 Å². The number of nitrogens with one attached hydrogen (secondary N) is 1. The molecule has 1 N–H and O–H groups in total. The Hall–Kier alpha value is -2.84. The lowest BCUT2D eigenvalue weighted by atomic mass is 10.1. The van der Waals surface area contributed by atoms with Gasteiger partial charge in [-0.2, -0.15) is 0 Å². The van der Waals surface area contributed by atoms with Gasteiger partial charge < -0.3 is 10.1 Å². The van der Waals surface area contributed by atoms with Gasteiger partial charge in [0.05, 0.1) is 18.8 Å². The normalized spacial score (nSPS) is 12.1. The number of nitrogens with zero attached hydrogens (tertiary/aromatic N) is 1. The lowest BCUT2D eigenvalue weighted by Gasteiger charge is -2.26. The first-order valence-corrected chi connectivity index (χ1v) is 12.2. The maximum Gasteiger partial charge on any atom is 0.268 e. The summed E-state index contributed by atoms with van der Waals surface area (Å²) >= 11 is 3.43. The van der Waals surface area contributed by atoms with Crippen LogP contribution in [0.2, 0.25) is 0 Å². The van der Waals surface area contributed by atoms with Crippen molar-refractivity contribution >= 4 is 37.5 Å². The van der Waals surface area contributed by atoms with E-state index >= 15 is 0 Å². The number of rotatable bonds is 8. The highest BCUT2D eigenvalue weighted by molar-refractivity contribution is 9.10. The van der Waals surface area contributed by atoms with Crippen LogP contribution in [0.15, 0.2) is 82.2 Å². The Morgan fingerprint density at radius 2 is 1.78 bits per heavy atom. The van der Waals surface area contributed by atoms with Crippen molar-refractivity contribution in [1.29, 1.82) is 0 Å². The van der Waals surface area contributed by atoms with Crippen molar-refractivity contribution in [3.8, 4) is 5.75 Å². The van der Waals surface area contributed by atoms with Crippen LogP contribution in [0.25, 0.3) is 0 Å². The number of aryl methyl sites for hydroxylation is 1. The summed E-state index contributed by atoms with van der Waals surface area (Å²) in [4.78, 5) is 12.9. The third kappa shape index (κ3) is 5.49. The number of halogens is 1. The summed E-state index contributed by atoms with van der Waals surface area (Å²) in [5.41, 5.74) is 2.06. The van der Waals surface area contributed by atoms with Crippen molar-refractivity contribution in [3.05, 3.63) is 88.4 Å². The predicted octanol–water partition coefficient (Wildman–Crippen LogP) is 4.84. The summed E-state index contributed by atoms with van der Waals surface area (Å²) in [6.45, 7) is 3.28. The summed E-state index contributed by atoms with van der Waals surface area (Å²) in [5.74, 6) is -0.198. The van der Waals surface area contributed by atoms with Gasteiger partial charge in [-0.3, -0.25) is 9.10 Å². The van der Waals surface area contributed by atoms with Crippen molar-refractivity contribution in [2.75, 3.05) is 18.0 Å². The summed E-state index contributed by atoms with van der Waals surface area (Å²) in [5, 5.41) is 2.89. The highest BCUT2D eigenvalue weighted by atomic mass is 79.9. The van der Waals surface area contributed by atoms with E-state index in [4.69, 9.17) is 4.74 Å². The van der Waals surface area contributed by atoms with E-state index in [1.54, 1.807) is 55.5 Å². The number of amides is 1. The molecule has 0 spiro atoms. The first-order valence-electron chi connectivity index (χ1n) is 9.99. The van der Waals surface area contributed by atoms with Crippen LogP contribution < -0.4 is 14.4 Å². The lowest BCUT2D eigenvalue weighted by Crippen LogP contribution is -2.41. The molecular formula is C24H25BrN2O4S. The molecule has 0 saturated carbocycles. The molecule has 3 rings (SSSR count). The van der Waals surface area contributed by atoms with Crippen LogP contribution in [0.5, 0.6) is 5.75 Å². The Morgan fingerprint density at radius 3 is 2.44 bits per heavy atom. The van der Waals surface area contributed by atoms with Gasteiger partial charge in [-0.1, -0.05) is 52.3 Å². The largest absolute Gasteiger partial charge is 0.495 e. The number of carbonyl (C=O) groups excluding carboxylic acids is 1. The number of hydrogen-bond donors (Lipinski definition) is 1. The minimum absolute atomic E-state index is 0.0108. The molecule has 0 heterocycles. The lowest BCUT2D eigenvalue weighted by molar-refractivity contribution is -0.120. The van der Waals surface area contributed by atoms with E-state index in [2.05, 4.69) is 21.2 Å². The number of anilines is 1. The van der Waals surface area contributed by atoms with Crippen LogP contribution in [0, 0.1) is 6.92 Å². The van der Waals surface area contributed by atoms with Crippen LogP contribution in [0.3, 0.4) is 0 Å². The second-order valence-electron chi connectivity index (χ2n) is 7.35. The van der Waals surface area contributed by atoms with E-state index in [-0.39, 0.29) is 23.2 Å². The first kappa shape index (κ1) is 23.8. The fraction of sp³-hybridized carbons (Fsp3) is 0.208. The van der Waals surface area contributed by atoms with Gasteiger partial charge in [0.25, 0.3) is 10.0 Å². The topological polar surface area (TPSA) is 75.7 Å². The number of methoxy groups -OCH3 is 1. The van der Waals surface area contributed by atoms with Gasteiger partial charge in [-0.25, -0.2) is 8.42 Å². The highest BCUT2D eigenvalue weighted by Gasteiger charge is 2.30. The number of sulfonamides is 1. The maximum atomic E-state index is 13.7. The van der Waals surface area contributed by atoms with Crippen LogP contribution in [-0.4, -0.2) is 28.0 Å². The zero-order valence-electron chi connectivity index (χ0n) is 18.1. The number of ether oxygens (including phenoxy) is 1. The smallest absolute Gasteiger partial charge is 0.268 e. The average molecular weight is 517 g/mol. The number of benzene rings is 3. The summed E-state index contributed by atoms with van der Waals surface area (Å²) in [7, 11) is -2.66. The van der Waals surface area contributed by atoms with Crippen molar-refractivity contribution in [3.63, 3.8) is 0 Å². The molecule has 0 aliphatic carbocycles. The molecule has 0 radical (unpaired) electrons. The van der Waals surface area contributed by atoms with Crippen molar-refractivity contribution in [2.45, 2.75) is 24.8 Å². The van der Waals surface area contributed by atoms with Gasteiger partial charge in [-0.05, 0) is 61.4 Å². The molecule has 1 amide bonds. The second-order valence-corrected chi connectivity index (χ2v) is 10.1.